The molecule has 1 N–H and O–H groups in total. The second kappa shape index (κ2) is 9.28. The first-order valence-corrected chi connectivity index (χ1v) is 9.31. The monoisotopic (exact) mass is 370 g/mol. The Balaban J connectivity index is 1.98. The van der Waals surface area contributed by atoms with Crippen LogP contribution in [0, 0.1) is 0 Å². The highest BCUT2D eigenvalue weighted by Gasteiger charge is 2.19. The van der Waals surface area contributed by atoms with Crippen molar-refractivity contribution in [2.75, 3.05) is 44.4 Å². The number of ether oxygens (including phenoxy) is 3. The van der Waals surface area contributed by atoms with E-state index in [1.54, 1.807) is 18.3 Å². The molecule has 0 atom stereocenters. The van der Waals surface area contributed by atoms with Crippen molar-refractivity contribution < 1.29 is 19.3 Å². The van der Waals surface area contributed by atoms with E-state index < -0.39 is 0 Å². The molecular weight excluding hydrogens is 344 g/mol. The molecule has 0 unspecified atom stereocenters. The lowest BCUT2D eigenvalue weighted by Crippen LogP contribution is -2.36. The molecule has 0 aromatic heterocycles. The van der Waals surface area contributed by atoms with Crippen LogP contribution in [-0.4, -0.2) is 50.8 Å². The summed E-state index contributed by atoms with van der Waals surface area (Å²) in [4.78, 5) is 6.80. The Morgan fingerprint density at radius 3 is 2.48 bits per heavy atom. The maximum atomic E-state index is 9.95. The first-order chi connectivity index (χ1) is 13.2. The number of aromatic hydroxyl groups is 1. The van der Waals surface area contributed by atoms with Crippen molar-refractivity contribution in [1.29, 1.82) is 0 Å². The SMILES string of the molecule is CCOc1cc(N2CCOCC2)c(OCC)cc1N=Cc1ccccc1O. The number of nitrogens with zero attached hydrogens (tertiary/aromatic N) is 2. The van der Waals surface area contributed by atoms with Crippen LogP contribution in [0.1, 0.15) is 19.4 Å². The fraction of sp³-hybridized carbons (Fsp3) is 0.381. The van der Waals surface area contributed by atoms with Crippen molar-refractivity contribution in [2.24, 2.45) is 4.99 Å². The Bertz CT molecular complexity index is 786. The number of phenolic OH excluding ortho intramolecular Hbond substituents is 1. The first kappa shape index (κ1) is 19.0. The molecule has 1 saturated heterocycles. The van der Waals surface area contributed by atoms with E-state index >= 15 is 0 Å². The van der Waals surface area contributed by atoms with Crippen LogP contribution in [0.4, 0.5) is 11.4 Å². The molecule has 1 aliphatic rings. The minimum absolute atomic E-state index is 0.189. The van der Waals surface area contributed by atoms with Crippen molar-refractivity contribution >= 4 is 17.6 Å². The smallest absolute Gasteiger partial charge is 0.147 e. The molecule has 2 aromatic rings. The van der Waals surface area contributed by atoms with E-state index in [0.29, 0.717) is 43.4 Å². The predicted octanol–water partition coefficient (Wildman–Crippen LogP) is 3.78. The second-order valence-electron chi connectivity index (χ2n) is 6.07. The lowest BCUT2D eigenvalue weighted by atomic mass is 10.2. The van der Waals surface area contributed by atoms with Gasteiger partial charge >= 0.3 is 0 Å². The van der Waals surface area contributed by atoms with Gasteiger partial charge in [0.25, 0.3) is 0 Å². The summed E-state index contributed by atoms with van der Waals surface area (Å²) < 4.78 is 17.2. The van der Waals surface area contributed by atoms with Crippen LogP contribution in [-0.2, 0) is 4.74 Å². The zero-order chi connectivity index (χ0) is 19.1. The van der Waals surface area contributed by atoms with Crippen molar-refractivity contribution in [2.45, 2.75) is 13.8 Å². The zero-order valence-corrected chi connectivity index (χ0v) is 15.9. The number of morpholine rings is 1. The number of hydrogen-bond donors (Lipinski definition) is 1. The molecule has 1 aliphatic heterocycles. The summed E-state index contributed by atoms with van der Waals surface area (Å²) in [5, 5.41) is 9.95. The standard InChI is InChI=1S/C21H26N2O4/c1-3-26-20-14-18(23-9-11-25-12-10-23)21(27-4-2)13-17(20)22-15-16-7-5-6-8-19(16)24/h5-8,13-15,24H,3-4,9-12H2,1-2H3. The van der Waals surface area contributed by atoms with Gasteiger partial charge < -0.3 is 24.2 Å². The number of benzene rings is 2. The molecule has 6 heteroatoms. The number of hydrogen-bond acceptors (Lipinski definition) is 6. The van der Waals surface area contributed by atoms with Crippen LogP contribution in [0.3, 0.4) is 0 Å². The predicted molar refractivity (Wildman–Crippen MR) is 107 cm³/mol. The number of para-hydroxylation sites is 1. The highest BCUT2D eigenvalue weighted by Crippen LogP contribution is 2.40. The average molecular weight is 370 g/mol. The van der Waals surface area contributed by atoms with Gasteiger partial charge in [-0.3, -0.25) is 4.99 Å². The number of aliphatic imine (C=N–C) groups is 1. The Morgan fingerprint density at radius 1 is 1.07 bits per heavy atom. The van der Waals surface area contributed by atoms with Crippen LogP contribution in [0.25, 0.3) is 0 Å². The van der Waals surface area contributed by atoms with E-state index in [4.69, 9.17) is 14.2 Å². The first-order valence-electron chi connectivity index (χ1n) is 9.31. The molecule has 6 nitrogen and oxygen atoms in total. The Hall–Kier alpha value is -2.73. The molecule has 0 radical (unpaired) electrons. The molecule has 27 heavy (non-hydrogen) atoms. The number of phenols is 1. The molecule has 3 rings (SSSR count). The van der Waals surface area contributed by atoms with E-state index in [-0.39, 0.29) is 5.75 Å². The van der Waals surface area contributed by atoms with E-state index in [0.717, 1.165) is 24.5 Å². The average Bonchev–Trinajstić information content (AvgIpc) is 2.70. The topological polar surface area (TPSA) is 63.5 Å². The van der Waals surface area contributed by atoms with Gasteiger partial charge in [0, 0.05) is 37.0 Å². The molecule has 0 spiro atoms. The minimum atomic E-state index is 0.189. The summed E-state index contributed by atoms with van der Waals surface area (Å²) in [6, 6.07) is 11.0. The van der Waals surface area contributed by atoms with Crippen LogP contribution in [0.2, 0.25) is 0 Å². The normalized spacial score (nSPS) is 14.5. The summed E-state index contributed by atoms with van der Waals surface area (Å²) in [6.07, 6.45) is 1.64. The molecule has 0 aliphatic carbocycles. The minimum Gasteiger partial charge on any atom is -0.507 e. The molecule has 0 saturated carbocycles. The molecule has 1 fully saturated rings. The molecule has 1 heterocycles. The maximum absolute atomic E-state index is 9.95. The van der Waals surface area contributed by atoms with Crippen molar-refractivity contribution in [1.82, 2.24) is 0 Å². The molecule has 0 bridgehead atoms. The third kappa shape index (κ3) is 4.71. The maximum Gasteiger partial charge on any atom is 0.147 e. The quantitative estimate of drug-likeness (QED) is 0.752. The van der Waals surface area contributed by atoms with Gasteiger partial charge in [0.2, 0.25) is 0 Å². The van der Waals surface area contributed by atoms with Crippen molar-refractivity contribution in [3.8, 4) is 17.2 Å². The molecule has 0 amide bonds. The number of rotatable bonds is 7. The molecule has 2 aromatic carbocycles. The van der Waals surface area contributed by atoms with Crippen molar-refractivity contribution in [3.05, 3.63) is 42.0 Å². The lowest BCUT2D eigenvalue weighted by molar-refractivity contribution is 0.122. The lowest BCUT2D eigenvalue weighted by Gasteiger charge is -2.30. The van der Waals surface area contributed by atoms with Crippen molar-refractivity contribution in [3.63, 3.8) is 0 Å². The van der Waals surface area contributed by atoms with E-state index in [1.165, 1.54) is 0 Å². The summed E-state index contributed by atoms with van der Waals surface area (Å²) in [5.74, 6) is 1.65. The third-order valence-corrected chi connectivity index (χ3v) is 4.27. The van der Waals surface area contributed by atoms with Gasteiger partial charge in [-0.25, -0.2) is 0 Å². The Morgan fingerprint density at radius 2 is 1.78 bits per heavy atom. The second-order valence-corrected chi connectivity index (χ2v) is 6.07. The summed E-state index contributed by atoms with van der Waals surface area (Å²) in [7, 11) is 0. The van der Waals surface area contributed by atoms with E-state index in [2.05, 4.69) is 9.89 Å². The molecular formula is C21H26N2O4. The van der Waals surface area contributed by atoms with Gasteiger partial charge in [-0.1, -0.05) is 12.1 Å². The zero-order valence-electron chi connectivity index (χ0n) is 15.9. The summed E-state index contributed by atoms with van der Waals surface area (Å²) >= 11 is 0. The van der Waals surface area contributed by atoms with Gasteiger partial charge in [-0.05, 0) is 26.0 Å². The van der Waals surface area contributed by atoms with E-state index in [1.807, 2.05) is 38.1 Å². The molecule has 144 valence electrons. The largest absolute Gasteiger partial charge is 0.507 e. The highest BCUT2D eigenvalue weighted by atomic mass is 16.5. The third-order valence-electron chi connectivity index (χ3n) is 4.27. The highest BCUT2D eigenvalue weighted by molar-refractivity contribution is 5.86. The van der Waals surface area contributed by atoms with Gasteiger partial charge in [-0.2, -0.15) is 0 Å². The van der Waals surface area contributed by atoms with Crippen LogP contribution in [0.15, 0.2) is 41.4 Å². The van der Waals surface area contributed by atoms with Crippen LogP contribution < -0.4 is 14.4 Å². The Labute approximate surface area is 160 Å². The Kier molecular flexibility index (Phi) is 6.54. The van der Waals surface area contributed by atoms with Crippen LogP contribution in [0.5, 0.6) is 17.2 Å². The van der Waals surface area contributed by atoms with Gasteiger partial charge in [0.05, 0.1) is 32.1 Å². The van der Waals surface area contributed by atoms with Crippen LogP contribution >= 0.6 is 0 Å². The fourth-order valence-corrected chi connectivity index (χ4v) is 2.97. The van der Waals surface area contributed by atoms with E-state index in [9.17, 15) is 5.11 Å². The summed E-state index contributed by atoms with van der Waals surface area (Å²) in [5.41, 5.74) is 2.31. The fourth-order valence-electron chi connectivity index (χ4n) is 2.97. The van der Waals surface area contributed by atoms with Gasteiger partial charge in [0.15, 0.2) is 0 Å². The summed E-state index contributed by atoms with van der Waals surface area (Å²) in [6.45, 7) is 8.03. The van der Waals surface area contributed by atoms with Gasteiger partial charge in [-0.15, -0.1) is 0 Å². The van der Waals surface area contributed by atoms with Gasteiger partial charge in [0.1, 0.15) is 22.9 Å². The number of anilines is 1.